The zero-order valence-electron chi connectivity index (χ0n) is 10.6. The van der Waals surface area contributed by atoms with Gasteiger partial charge in [0.2, 0.25) is 5.95 Å². The number of aromatic nitrogens is 2. The minimum Gasteiger partial charge on any atom is -0.353 e. The van der Waals surface area contributed by atoms with Gasteiger partial charge >= 0.3 is 0 Å². The predicted octanol–water partition coefficient (Wildman–Crippen LogP) is 1.52. The Morgan fingerprint density at radius 1 is 1.28 bits per heavy atom. The lowest BCUT2D eigenvalue weighted by Gasteiger charge is -2.24. The average Bonchev–Trinajstić information content (AvgIpc) is 3.02. The monoisotopic (exact) mass is 269 g/mol. The lowest BCUT2D eigenvalue weighted by atomic mass is 10.1. The highest BCUT2D eigenvalue weighted by atomic mass is 32.2. The van der Waals surface area contributed by atoms with Crippen molar-refractivity contribution in [1.82, 2.24) is 9.55 Å². The largest absolute Gasteiger partial charge is 0.353 e. The molecule has 0 atom stereocenters. The third-order valence-corrected chi connectivity index (χ3v) is 5.40. The normalized spacial score (nSPS) is 24.1. The molecule has 2 heterocycles. The van der Waals surface area contributed by atoms with Crippen molar-refractivity contribution in [2.75, 3.05) is 16.8 Å². The van der Waals surface area contributed by atoms with Crippen molar-refractivity contribution in [3.63, 3.8) is 0 Å². The van der Waals surface area contributed by atoms with E-state index in [0.717, 1.165) is 11.6 Å². The van der Waals surface area contributed by atoms with E-state index in [-0.39, 0.29) is 6.04 Å². The van der Waals surface area contributed by atoms with Crippen LogP contribution < -0.4 is 5.32 Å². The first-order chi connectivity index (χ1) is 8.53. The number of imidazole rings is 1. The van der Waals surface area contributed by atoms with Crippen LogP contribution in [0.4, 0.5) is 5.95 Å². The van der Waals surface area contributed by atoms with Crippen molar-refractivity contribution >= 4 is 15.8 Å². The molecule has 1 aromatic rings. The quantitative estimate of drug-likeness (QED) is 0.903. The third-order valence-electron chi connectivity index (χ3n) is 3.68. The molecule has 0 radical (unpaired) electrons. The van der Waals surface area contributed by atoms with Gasteiger partial charge in [0.15, 0.2) is 0 Å². The van der Waals surface area contributed by atoms with Gasteiger partial charge in [0.1, 0.15) is 9.84 Å². The molecule has 2 fully saturated rings. The number of nitrogens with zero attached hydrogens (tertiary/aromatic N) is 2. The minimum atomic E-state index is -2.79. The molecule has 1 N–H and O–H groups in total. The molecule has 1 aliphatic carbocycles. The Bertz CT molecular complexity index is 532. The molecule has 18 heavy (non-hydrogen) atoms. The van der Waals surface area contributed by atoms with Crippen molar-refractivity contribution in [3.8, 4) is 0 Å². The van der Waals surface area contributed by atoms with Crippen molar-refractivity contribution in [3.05, 3.63) is 11.9 Å². The zero-order valence-corrected chi connectivity index (χ0v) is 11.4. The summed E-state index contributed by atoms with van der Waals surface area (Å²) in [4.78, 5) is 4.50. The maximum Gasteiger partial charge on any atom is 0.203 e. The van der Waals surface area contributed by atoms with E-state index in [4.69, 9.17) is 0 Å². The number of rotatable bonds is 3. The highest BCUT2D eigenvalue weighted by molar-refractivity contribution is 7.91. The van der Waals surface area contributed by atoms with E-state index in [1.165, 1.54) is 12.8 Å². The third kappa shape index (κ3) is 2.53. The summed E-state index contributed by atoms with van der Waals surface area (Å²) in [5.41, 5.74) is 0.992. The maximum absolute atomic E-state index is 11.5. The molecule has 1 aliphatic heterocycles. The SMILES string of the molecule is Cc1cn(C2CCS(=O)(=O)CC2)c(NC2CC2)n1. The first-order valence-electron chi connectivity index (χ1n) is 6.56. The van der Waals surface area contributed by atoms with Crippen LogP contribution in [0, 0.1) is 6.92 Å². The minimum absolute atomic E-state index is 0.274. The van der Waals surface area contributed by atoms with Crippen LogP contribution >= 0.6 is 0 Å². The number of hydrogen-bond donors (Lipinski definition) is 1. The molecule has 100 valence electrons. The second kappa shape index (κ2) is 4.26. The van der Waals surface area contributed by atoms with Crippen LogP contribution in [-0.2, 0) is 9.84 Å². The molecule has 2 aliphatic rings. The molecule has 3 rings (SSSR count). The standard InChI is InChI=1S/C12H19N3O2S/c1-9-8-15(12(13-9)14-10-2-3-10)11-4-6-18(16,17)7-5-11/h8,10-11H,2-7H2,1H3,(H,13,14). The van der Waals surface area contributed by atoms with E-state index in [9.17, 15) is 8.42 Å². The fourth-order valence-corrected chi connectivity index (χ4v) is 3.93. The van der Waals surface area contributed by atoms with Crippen LogP contribution in [0.2, 0.25) is 0 Å². The van der Waals surface area contributed by atoms with Crippen molar-refractivity contribution in [2.45, 2.75) is 44.7 Å². The summed E-state index contributed by atoms with van der Waals surface area (Å²) in [6, 6.07) is 0.842. The molecule has 0 amide bonds. The van der Waals surface area contributed by atoms with Crippen LogP contribution in [0.5, 0.6) is 0 Å². The molecule has 1 aromatic heterocycles. The number of anilines is 1. The van der Waals surface area contributed by atoms with Crippen LogP contribution in [-0.4, -0.2) is 35.5 Å². The van der Waals surface area contributed by atoms with Gasteiger partial charge in [-0.1, -0.05) is 0 Å². The molecule has 1 saturated heterocycles. The van der Waals surface area contributed by atoms with E-state index < -0.39 is 9.84 Å². The molecule has 1 saturated carbocycles. The summed E-state index contributed by atoms with van der Waals surface area (Å²) in [5.74, 6) is 1.52. The highest BCUT2D eigenvalue weighted by Gasteiger charge is 2.28. The Balaban J connectivity index is 1.78. The predicted molar refractivity (Wildman–Crippen MR) is 70.5 cm³/mol. The Morgan fingerprint density at radius 2 is 1.94 bits per heavy atom. The van der Waals surface area contributed by atoms with Gasteiger partial charge in [-0.05, 0) is 32.6 Å². The fraction of sp³-hybridized carbons (Fsp3) is 0.750. The number of aryl methyl sites for hydroxylation is 1. The molecular formula is C12H19N3O2S. The van der Waals surface area contributed by atoms with E-state index >= 15 is 0 Å². The van der Waals surface area contributed by atoms with Gasteiger partial charge in [-0.3, -0.25) is 0 Å². The van der Waals surface area contributed by atoms with Gasteiger partial charge in [0.25, 0.3) is 0 Å². The Kier molecular flexibility index (Phi) is 2.84. The van der Waals surface area contributed by atoms with E-state index in [2.05, 4.69) is 14.9 Å². The van der Waals surface area contributed by atoms with Crippen molar-refractivity contribution in [1.29, 1.82) is 0 Å². The van der Waals surface area contributed by atoms with Crippen molar-refractivity contribution < 1.29 is 8.42 Å². The summed E-state index contributed by atoms with van der Waals surface area (Å²) in [5, 5.41) is 3.43. The van der Waals surface area contributed by atoms with Gasteiger partial charge in [-0.2, -0.15) is 0 Å². The van der Waals surface area contributed by atoms with E-state index in [1.807, 2.05) is 13.1 Å². The Labute approximate surface area is 108 Å². The highest BCUT2D eigenvalue weighted by Crippen LogP contribution is 2.30. The maximum atomic E-state index is 11.5. The summed E-state index contributed by atoms with van der Waals surface area (Å²) in [7, 11) is -2.79. The van der Waals surface area contributed by atoms with Crippen LogP contribution in [0.1, 0.15) is 37.4 Å². The van der Waals surface area contributed by atoms with Crippen LogP contribution in [0.3, 0.4) is 0 Å². The smallest absolute Gasteiger partial charge is 0.203 e. The Morgan fingerprint density at radius 3 is 2.56 bits per heavy atom. The topological polar surface area (TPSA) is 64.0 Å². The van der Waals surface area contributed by atoms with Gasteiger partial charge in [0.05, 0.1) is 17.2 Å². The second-order valence-electron chi connectivity index (χ2n) is 5.41. The fourth-order valence-electron chi connectivity index (χ4n) is 2.47. The van der Waals surface area contributed by atoms with E-state index in [1.54, 1.807) is 0 Å². The lowest BCUT2D eigenvalue weighted by molar-refractivity contribution is 0.453. The van der Waals surface area contributed by atoms with Gasteiger partial charge in [-0.15, -0.1) is 0 Å². The number of hydrogen-bond acceptors (Lipinski definition) is 4. The Hall–Kier alpha value is -1.04. The van der Waals surface area contributed by atoms with E-state index in [0.29, 0.717) is 30.4 Å². The molecular weight excluding hydrogens is 250 g/mol. The van der Waals surface area contributed by atoms with Gasteiger partial charge in [-0.25, -0.2) is 13.4 Å². The molecule has 0 spiro atoms. The van der Waals surface area contributed by atoms with Crippen molar-refractivity contribution in [2.24, 2.45) is 0 Å². The average molecular weight is 269 g/mol. The van der Waals surface area contributed by atoms with Crippen LogP contribution in [0.25, 0.3) is 0 Å². The molecule has 0 bridgehead atoms. The number of sulfone groups is 1. The van der Waals surface area contributed by atoms with Gasteiger partial charge in [0, 0.05) is 18.3 Å². The summed E-state index contributed by atoms with van der Waals surface area (Å²) >= 11 is 0. The summed E-state index contributed by atoms with van der Waals surface area (Å²) in [6.45, 7) is 1.98. The summed E-state index contributed by atoms with van der Waals surface area (Å²) < 4.78 is 25.1. The first-order valence-corrected chi connectivity index (χ1v) is 8.38. The van der Waals surface area contributed by atoms with Gasteiger partial charge < -0.3 is 9.88 Å². The lowest BCUT2D eigenvalue weighted by Crippen LogP contribution is -2.26. The van der Waals surface area contributed by atoms with Crippen LogP contribution in [0.15, 0.2) is 6.20 Å². The summed E-state index contributed by atoms with van der Waals surface area (Å²) in [6.07, 6.45) is 5.87. The molecule has 0 aromatic carbocycles. The second-order valence-corrected chi connectivity index (χ2v) is 7.72. The molecule has 5 nitrogen and oxygen atoms in total. The first kappa shape index (κ1) is 12.0. The molecule has 0 unspecified atom stereocenters. The molecule has 6 heteroatoms. The number of nitrogens with one attached hydrogen (secondary N) is 1. The zero-order chi connectivity index (χ0) is 12.8.